The van der Waals surface area contributed by atoms with Gasteiger partial charge in [-0.3, -0.25) is 9.59 Å². The van der Waals surface area contributed by atoms with Gasteiger partial charge in [-0.15, -0.1) is 0 Å². The number of aliphatic carboxylic acids is 1. The summed E-state index contributed by atoms with van der Waals surface area (Å²) in [4.78, 5) is 51.1. The van der Waals surface area contributed by atoms with Gasteiger partial charge in [0.1, 0.15) is 11.5 Å². The smallest absolute Gasteiger partial charge is 0.348 e. The summed E-state index contributed by atoms with van der Waals surface area (Å²) in [7, 11) is 1.96. The van der Waals surface area contributed by atoms with Crippen LogP contribution in [-0.2, 0) is 51.8 Å². The largest absolute Gasteiger partial charge is 0.481 e. The van der Waals surface area contributed by atoms with Crippen LogP contribution in [0.4, 0.5) is 0 Å². The molecule has 0 unspecified atom stereocenters. The van der Waals surface area contributed by atoms with Gasteiger partial charge in [-0.1, -0.05) is 12.1 Å². The number of carboxylic acids is 1. The third-order valence-corrected chi connectivity index (χ3v) is 8.74. The zero-order chi connectivity index (χ0) is 29.7. The first-order valence-electron chi connectivity index (χ1n) is 13.6. The molecule has 13 heteroatoms. The van der Waals surface area contributed by atoms with E-state index >= 15 is 0 Å². The zero-order valence-corrected chi connectivity index (χ0v) is 22.8. The number of nitrogens with two attached hydrogens (primary N) is 1. The quantitative estimate of drug-likeness (QED) is 0.210. The van der Waals surface area contributed by atoms with Gasteiger partial charge in [0.15, 0.2) is 12.2 Å². The predicted octanol–water partition coefficient (Wildman–Crippen LogP) is -0.333. The number of esters is 3. The molecule has 41 heavy (non-hydrogen) atoms. The van der Waals surface area contributed by atoms with Gasteiger partial charge in [0.2, 0.25) is 6.10 Å². The summed E-state index contributed by atoms with van der Waals surface area (Å²) in [5, 5.41) is 31.4. The molecule has 2 bridgehead atoms. The van der Waals surface area contributed by atoms with E-state index in [1.165, 1.54) is 0 Å². The topological polar surface area (TPSA) is 195 Å². The molecule has 1 fully saturated rings. The van der Waals surface area contributed by atoms with Crippen LogP contribution in [0.25, 0.3) is 0 Å². The summed E-state index contributed by atoms with van der Waals surface area (Å²) in [5.74, 6) is -3.86. The van der Waals surface area contributed by atoms with E-state index in [9.17, 15) is 29.4 Å². The SMILES string of the molecule is C[C@H](OC(=O)[C@H](CC(=O)OC1=CC[C@@]2(O)[C@H]3Cc4ccc(CO)c5c4[C@@]2(CCN3C)[C@H]1O5)OC(=O)CCN)C(=O)O. The number of carbonyl (C=O) groups is 4. The van der Waals surface area contributed by atoms with Gasteiger partial charge < -0.3 is 44.9 Å². The minimum atomic E-state index is -1.76. The lowest BCUT2D eigenvalue weighted by molar-refractivity contribution is -0.179. The Bertz CT molecular complexity index is 1310. The van der Waals surface area contributed by atoms with E-state index in [-0.39, 0.29) is 37.8 Å². The second-order valence-electron chi connectivity index (χ2n) is 11.0. The number of piperidine rings is 1. The van der Waals surface area contributed by atoms with Crippen molar-refractivity contribution in [3.63, 3.8) is 0 Å². The van der Waals surface area contributed by atoms with Crippen molar-refractivity contribution in [2.24, 2.45) is 5.73 Å². The van der Waals surface area contributed by atoms with Gasteiger partial charge in [0.05, 0.1) is 30.5 Å². The number of ether oxygens (including phenoxy) is 4. The van der Waals surface area contributed by atoms with Crippen LogP contribution in [0.1, 0.15) is 49.3 Å². The summed E-state index contributed by atoms with van der Waals surface area (Å²) in [6.45, 7) is 1.43. The van der Waals surface area contributed by atoms with E-state index in [4.69, 9.17) is 29.8 Å². The molecule has 2 aliphatic carbocycles. The van der Waals surface area contributed by atoms with Crippen molar-refractivity contribution in [2.75, 3.05) is 20.1 Å². The standard InChI is InChI=1S/C28H34N2O11/c1-14(25(34)35)38-26(36)18(40-20(32)6-9-29)12-21(33)39-17-5-7-28(37)19-11-15-3-4-16(13-31)23-22(15)27(28,24(17)41-23)8-10-30(19)2/h3-5,14,18-19,24,31,37H,6-13,29H2,1-2H3,(H,34,35)/t14-,18-,19+,24-,27-,28+/m0/s1. The number of likely N-dealkylation sites (N-methyl/N-ethyl adjacent to an activating group) is 1. The molecular formula is C28H34N2O11. The Morgan fingerprint density at radius 2 is 1.98 bits per heavy atom. The average molecular weight is 575 g/mol. The van der Waals surface area contributed by atoms with Gasteiger partial charge in [0.25, 0.3) is 0 Å². The number of aliphatic hydroxyl groups is 2. The average Bonchev–Trinajstić information content (AvgIpc) is 3.27. The van der Waals surface area contributed by atoms with Crippen LogP contribution < -0.4 is 10.5 Å². The highest BCUT2D eigenvalue weighted by Crippen LogP contribution is 2.64. The number of nitrogens with zero attached hydrogens (tertiary/aromatic N) is 1. The van der Waals surface area contributed by atoms with Gasteiger partial charge in [-0.25, -0.2) is 9.59 Å². The number of likely N-dealkylation sites (tertiary alicyclic amines) is 1. The van der Waals surface area contributed by atoms with Crippen molar-refractivity contribution in [1.29, 1.82) is 0 Å². The van der Waals surface area contributed by atoms with E-state index in [0.29, 0.717) is 30.7 Å². The number of hydrogen-bond acceptors (Lipinski definition) is 12. The predicted molar refractivity (Wildman–Crippen MR) is 138 cm³/mol. The van der Waals surface area contributed by atoms with Crippen molar-refractivity contribution in [1.82, 2.24) is 4.90 Å². The molecular weight excluding hydrogens is 540 g/mol. The Morgan fingerprint density at radius 1 is 1.22 bits per heavy atom. The van der Waals surface area contributed by atoms with Gasteiger partial charge in [0, 0.05) is 30.1 Å². The second kappa shape index (κ2) is 10.7. The number of benzene rings is 1. The van der Waals surface area contributed by atoms with Crippen molar-refractivity contribution in [3.8, 4) is 5.75 Å². The monoisotopic (exact) mass is 574 g/mol. The first-order valence-corrected chi connectivity index (χ1v) is 13.6. The molecule has 222 valence electrons. The van der Waals surface area contributed by atoms with E-state index in [0.717, 1.165) is 18.1 Å². The highest BCUT2D eigenvalue weighted by molar-refractivity contribution is 5.86. The van der Waals surface area contributed by atoms with E-state index in [2.05, 4.69) is 4.90 Å². The lowest BCUT2D eigenvalue weighted by atomic mass is 9.50. The third-order valence-electron chi connectivity index (χ3n) is 8.74. The fourth-order valence-electron chi connectivity index (χ4n) is 6.76. The highest BCUT2D eigenvalue weighted by atomic mass is 16.6. The molecule has 2 aliphatic heterocycles. The number of carboxylic acid groups (broad SMARTS) is 1. The normalized spacial score (nSPS) is 28.9. The molecule has 5 N–H and O–H groups in total. The molecule has 5 rings (SSSR count). The fourth-order valence-corrected chi connectivity index (χ4v) is 6.76. The van der Waals surface area contributed by atoms with E-state index < -0.39 is 59.6 Å². The minimum absolute atomic E-state index is 0.0674. The summed E-state index contributed by atoms with van der Waals surface area (Å²) in [6, 6.07) is 3.52. The molecule has 0 aromatic heterocycles. The second-order valence-corrected chi connectivity index (χ2v) is 11.0. The molecule has 1 spiro atoms. The van der Waals surface area contributed by atoms with Gasteiger partial charge >= 0.3 is 23.9 Å². The maximum Gasteiger partial charge on any atom is 0.348 e. The van der Waals surface area contributed by atoms with Crippen LogP contribution in [0, 0.1) is 0 Å². The number of carbonyl (C=O) groups excluding carboxylic acids is 3. The Hall–Kier alpha value is -3.52. The van der Waals surface area contributed by atoms with Gasteiger partial charge in [-0.05, 0) is 45.0 Å². The van der Waals surface area contributed by atoms with Crippen LogP contribution in [0.5, 0.6) is 5.75 Å². The summed E-state index contributed by atoms with van der Waals surface area (Å²) in [6.07, 6.45) is -2.33. The fraction of sp³-hybridized carbons (Fsp3) is 0.571. The molecule has 1 aromatic rings. The molecule has 13 nitrogen and oxygen atoms in total. The zero-order valence-electron chi connectivity index (χ0n) is 22.8. The van der Waals surface area contributed by atoms with Crippen LogP contribution >= 0.6 is 0 Å². The van der Waals surface area contributed by atoms with Crippen LogP contribution in [0.3, 0.4) is 0 Å². The van der Waals surface area contributed by atoms with E-state index in [1.807, 2.05) is 13.1 Å². The van der Waals surface area contributed by atoms with E-state index in [1.54, 1.807) is 12.1 Å². The molecule has 4 aliphatic rings. The maximum absolute atomic E-state index is 13.2. The number of hydrogen-bond donors (Lipinski definition) is 4. The Labute approximate surface area is 235 Å². The third kappa shape index (κ3) is 4.56. The van der Waals surface area contributed by atoms with Crippen LogP contribution in [-0.4, -0.2) is 94.2 Å². The Kier molecular flexibility index (Phi) is 7.57. The Morgan fingerprint density at radius 3 is 2.66 bits per heavy atom. The molecule has 0 amide bonds. The molecule has 1 saturated heterocycles. The maximum atomic E-state index is 13.2. The summed E-state index contributed by atoms with van der Waals surface area (Å²) < 4.78 is 22.0. The molecule has 0 radical (unpaired) electrons. The Balaban J connectivity index is 1.43. The van der Waals surface area contributed by atoms with Crippen molar-refractivity contribution in [2.45, 2.75) is 81.0 Å². The highest BCUT2D eigenvalue weighted by Gasteiger charge is 2.71. The first kappa shape index (κ1) is 29.0. The lowest BCUT2D eigenvalue weighted by Gasteiger charge is -2.61. The number of rotatable bonds is 10. The first-order chi connectivity index (χ1) is 19.5. The van der Waals surface area contributed by atoms with Gasteiger partial charge in [-0.2, -0.15) is 0 Å². The molecule has 6 atom stereocenters. The minimum Gasteiger partial charge on any atom is -0.481 e. The number of aliphatic hydroxyl groups excluding tert-OH is 1. The van der Waals surface area contributed by atoms with Crippen molar-refractivity contribution >= 4 is 23.9 Å². The van der Waals surface area contributed by atoms with Crippen LogP contribution in [0.2, 0.25) is 0 Å². The lowest BCUT2D eigenvalue weighted by Crippen LogP contribution is -2.74. The molecule has 0 saturated carbocycles. The molecule has 2 heterocycles. The van der Waals surface area contributed by atoms with Crippen molar-refractivity contribution in [3.05, 3.63) is 40.7 Å². The van der Waals surface area contributed by atoms with Crippen molar-refractivity contribution < 1.29 is 53.4 Å². The summed E-state index contributed by atoms with van der Waals surface area (Å²) in [5.41, 5.74) is 5.57. The summed E-state index contributed by atoms with van der Waals surface area (Å²) >= 11 is 0. The molecule has 1 aromatic carbocycles. The van der Waals surface area contributed by atoms with Crippen LogP contribution in [0.15, 0.2) is 24.0 Å².